The third-order valence-corrected chi connectivity index (χ3v) is 6.12. The highest BCUT2D eigenvalue weighted by atomic mass is 32.2. The molecule has 1 atom stereocenters. The van der Waals surface area contributed by atoms with Gasteiger partial charge in [0.2, 0.25) is 11.8 Å². The first-order chi connectivity index (χ1) is 11.1. The summed E-state index contributed by atoms with van der Waals surface area (Å²) in [5.74, 6) is 1.12. The van der Waals surface area contributed by atoms with Gasteiger partial charge >= 0.3 is 0 Å². The zero-order chi connectivity index (χ0) is 16.2. The minimum atomic E-state index is -0.273. The summed E-state index contributed by atoms with van der Waals surface area (Å²) < 4.78 is 0.931. The molecule has 1 saturated carbocycles. The van der Waals surface area contributed by atoms with Gasteiger partial charge in [-0.1, -0.05) is 23.1 Å². The van der Waals surface area contributed by atoms with Gasteiger partial charge in [-0.25, -0.2) is 0 Å². The average Bonchev–Trinajstić information content (AvgIpc) is 3.33. The van der Waals surface area contributed by atoms with Crippen molar-refractivity contribution in [2.75, 3.05) is 18.8 Å². The number of nitrogens with zero attached hydrogens (tertiary/aromatic N) is 3. The van der Waals surface area contributed by atoms with Crippen molar-refractivity contribution >= 4 is 34.9 Å². The van der Waals surface area contributed by atoms with Crippen molar-refractivity contribution in [2.45, 2.75) is 49.4 Å². The van der Waals surface area contributed by atoms with Gasteiger partial charge in [-0.15, -0.1) is 10.2 Å². The zero-order valence-electron chi connectivity index (χ0n) is 13.3. The van der Waals surface area contributed by atoms with Crippen molar-refractivity contribution < 1.29 is 9.59 Å². The molecule has 6 nitrogen and oxygen atoms in total. The Bertz CT molecular complexity index is 574. The van der Waals surface area contributed by atoms with E-state index in [2.05, 4.69) is 15.5 Å². The molecule has 1 aliphatic heterocycles. The second-order valence-electron chi connectivity index (χ2n) is 6.04. The lowest BCUT2D eigenvalue weighted by Crippen LogP contribution is -2.52. The Kier molecular flexibility index (Phi) is 5.53. The van der Waals surface area contributed by atoms with E-state index in [1.165, 1.54) is 0 Å². The normalized spacial score (nSPS) is 21.3. The number of carbonyl (C=O) groups is 2. The Morgan fingerprint density at radius 2 is 2.13 bits per heavy atom. The van der Waals surface area contributed by atoms with Crippen LogP contribution < -0.4 is 5.32 Å². The van der Waals surface area contributed by atoms with Gasteiger partial charge < -0.3 is 10.2 Å². The quantitative estimate of drug-likeness (QED) is 0.623. The van der Waals surface area contributed by atoms with Crippen LogP contribution in [0.25, 0.3) is 0 Å². The number of hydrogen-bond donors (Lipinski definition) is 1. The standard InChI is InChI=1S/C15H22N4O2S2/c1-10-17-18-15(23-10)22-9-7-16-13(20)12-4-2-3-8-19(12)14(21)11-5-6-11/h11-12H,2-9H2,1H3,(H,16,20)/t12-/m0/s1. The third-order valence-electron chi connectivity index (χ3n) is 4.15. The fourth-order valence-corrected chi connectivity index (χ4v) is 4.54. The second-order valence-corrected chi connectivity index (χ2v) is 8.57. The molecule has 1 aromatic heterocycles. The van der Waals surface area contributed by atoms with Gasteiger partial charge in [-0.2, -0.15) is 0 Å². The summed E-state index contributed by atoms with van der Waals surface area (Å²) in [6, 6.07) is -0.273. The number of carbonyl (C=O) groups excluding carboxylic acids is 2. The number of aromatic nitrogens is 2. The van der Waals surface area contributed by atoms with Gasteiger partial charge in [-0.05, 0) is 39.0 Å². The van der Waals surface area contributed by atoms with Crippen LogP contribution in [0.15, 0.2) is 4.34 Å². The largest absolute Gasteiger partial charge is 0.353 e. The number of rotatable bonds is 6. The van der Waals surface area contributed by atoms with Crippen molar-refractivity contribution in [1.29, 1.82) is 0 Å². The fourth-order valence-electron chi connectivity index (χ4n) is 2.80. The molecule has 0 aromatic carbocycles. The van der Waals surface area contributed by atoms with E-state index >= 15 is 0 Å². The average molecular weight is 355 g/mol. The summed E-state index contributed by atoms with van der Waals surface area (Å²) in [5, 5.41) is 11.9. The van der Waals surface area contributed by atoms with Gasteiger partial charge in [-0.3, -0.25) is 9.59 Å². The highest BCUT2D eigenvalue weighted by molar-refractivity contribution is 8.01. The number of hydrogen-bond acceptors (Lipinski definition) is 6. The molecular weight excluding hydrogens is 332 g/mol. The number of thioether (sulfide) groups is 1. The van der Waals surface area contributed by atoms with E-state index in [4.69, 9.17) is 0 Å². The van der Waals surface area contributed by atoms with Gasteiger partial charge in [0.15, 0.2) is 4.34 Å². The van der Waals surface area contributed by atoms with Gasteiger partial charge in [0, 0.05) is 24.8 Å². The Balaban J connectivity index is 1.45. The number of nitrogens with one attached hydrogen (secondary N) is 1. The maximum Gasteiger partial charge on any atom is 0.242 e. The smallest absolute Gasteiger partial charge is 0.242 e. The molecule has 2 aliphatic rings. The van der Waals surface area contributed by atoms with E-state index in [0.717, 1.165) is 53.7 Å². The van der Waals surface area contributed by atoms with Crippen molar-refractivity contribution in [3.05, 3.63) is 5.01 Å². The first-order valence-electron chi connectivity index (χ1n) is 8.16. The molecular formula is C15H22N4O2S2. The lowest BCUT2D eigenvalue weighted by molar-refractivity contribution is -0.143. The predicted octanol–water partition coefficient (Wildman–Crippen LogP) is 1.85. The summed E-state index contributed by atoms with van der Waals surface area (Å²) >= 11 is 3.17. The van der Waals surface area contributed by atoms with Crippen LogP contribution in [0.5, 0.6) is 0 Å². The second kappa shape index (κ2) is 7.61. The van der Waals surface area contributed by atoms with Crippen molar-refractivity contribution in [1.82, 2.24) is 20.4 Å². The van der Waals surface area contributed by atoms with Gasteiger partial charge in [0.25, 0.3) is 0 Å². The molecule has 1 aliphatic carbocycles. The van der Waals surface area contributed by atoms with Crippen LogP contribution in [0.4, 0.5) is 0 Å². The SMILES string of the molecule is Cc1nnc(SCCNC(=O)[C@@H]2CCCCN2C(=O)C2CC2)s1. The molecule has 1 aromatic rings. The Labute approximate surface area is 144 Å². The minimum Gasteiger partial charge on any atom is -0.353 e. The van der Waals surface area contributed by atoms with Crippen molar-refractivity contribution in [2.24, 2.45) is 5.92 Å². The molecule has 2 fully saturated rings. The molecule has 1 saturated heterocycles. The van der Waals surface area contributed by atoms with E-state index in [1.807, 2.05) is 11.8 Å². The molecule has 126 valence electrons. The summed E-state index contributed by atoms with van der Waals surface area (Å²) in [4.78, 5) is 26.6. The topological polar surface area (TPSA) is 75.2 Å². The van der Waals surface area contributed by atoms with Crippen molar-refractivity contribution in [3.63, 3.8) is 0 Å². The minimum absolute atomic E-state index is 0.00672. The van der Waals surface area contributed by atoms with Crippen LogP contribution in [0.3, 0.4) is 0 Å². The van der Waals surface area contributed by atoms with Gasteiger partial charge in [0.05, 0.1) is 0 Å². The lowest BCUT2D eigenvalue weighted by Gasteiger charge is -2.34. The van der Waals surface area contributed by atoms with Crippen molar-refractivity contribution in [3.8, 4) is 0 Å². The van der Waals surface area contributed by atoms with E-state index in [-0.39, 0.29) is 23.8 Å². The molecule has 0 bridgehead atoms. The molecule has 23 heavy (non-hydrogen) atoms. The zero-order valence-corrected chi connectivity index (χ0v) is 14.9. The van der Waals surface area contributed by atoms with Crippen LogP contribution >= 0.6 is 23.1 Å². The van der Waals surface area contributed by atoms with E-state index in [0.29, 0.717) is 6.54 Å². The molecule has 0 spiro atoms. The molecule has 2 heterocycles. The number of likely N-dealkylation sites (tertiary alicyclic amines) is 1. The highest BCUT2D eigenvalue weighted by Gasteiger charge is 2.39. The first-order valence-corrected chi connectivity index (χ1v) is 9.96. The Morgan fingerprint density at radius 1 is 1.30 bits per heavy atom. The molecule has 8 heteroatoms. The molecule has 1 N–H and O–H groups in total. The number of aryl methyl sites for hydroxylation is 1. The van der Waals surface area contributed by atoms with Crippen LogP contribution in [0.1, 0.15) is 37.1 Å². The predicted molar refractivity (Wildman–Crippen MR) is 90.5 cm³/mol. The van der Waals surface area contributed by atoms with E-state index in [1.54, 1.807) is 23.1 Å². The van der Waals surface area contributed by atoms with Crippen LogP contribution in [-0.2, 0) is 9.59 Å². The highest BCUT2D eigenvalue weighted by Crippen LogP contribution is 2.33. The summed E-state index contributed by atoms with van der Waals surface area (Å²) in [7, 11) is 0. The summed E-state index contributed by atoms with van der Waals surface area (Å²) in [6.45, 7) is 3.24. The summed E-state index contributed by atoms with van der Waals surface area (Å²) in [6.07, 6.45) is 4.79. The third kappa shape index (κ3) is 4.44. The number of piperidine rings is 1. The Hall–Kier alpha value is -1.15. The maximum absolute atomic E-state index is 12.4. The van der Waals surface area contributed by atoms with Crippen LogP contribution in [0.2, 0.25) is 0 Å². The Morgan fingerprint density at radius 3 is 2.83 bits per heavy atom. The first kappa shape index (κ1) is 16.7. The summed E-state index contributed by atoms with van der Waals surface area (Å²) in [5.41, 5.74) is 0. The maximum atomic E-state index is 12.4. The fraction of sp³-hybridized carbons (Fsp3) is 0.733. The van der Waals surface area contributed by atoms with Crippen LogP contribution in [0, 0.1) is 12.8 Å². The molecule has 3 rings (SSSR count). The molecule has 2 amide bonds. The van der Waals surface area contributed by atoms with Crippen LogP contribution in [-0.4, -0.2) is 51.8 Å². The lowest BCUT2D eigenvalue weighted by atomic mass is 10.0. The monoisotopic (exact) mass is 354 g/mol. The number of amides is 2. The molecule has 0 radical (unpaired) electrons. The molecule has 0 unspecified atom stereocenters. The van der Waals surface area contributed by atoms with Gasteiger partial charge in [0.1, 0.15) is 11.0 Å². The van der Waals surface area contributed by atoms with E-state index < -0.39 is 0 Å². The van der Waals surface area contributed by atoms with E-state index in [9.17, 15) is 9.59 Å².